The fraction of sp³-hybridized carbons (Fsp3) is 0.667. The van der Waals surface area contributed by atoms with Crippen molar-refractivity contribution in [2.75, 3.05) is 19.7 Å². The Balaban J connectivity index is 1.81. The lowest BCUT2D eigenvalue weighted by molar-refractivity contribution is -0.143. The molecule has 1 aliphatic rings. The molecule has 0 saturated carbocycles. The maximum absolute atomic E-state index is 10.8. The van der Waals surface area contributed by atoms with Crippen molar-refractivity contribution in [2.24, 2.45) is 5.92 Å². The molecule has 0 bridgehead atoms. The number of hydrogen-bond donors (Lipinski definition) is 2. The molecule has 2 N–H and O–H groups in total. The van der Waals surface area contributed by atoms with E-state index < -0.39 is 5.97 Å². The Morgan fingerprint density at radius 2 is 2.17 bits per heavy atom. The molecule has 1 saturated heterocycles. The summed E-state index contributed by atoms with van der Waals surface area (Å²) in [6, 6.07) is 0. The maximum Gasteiger partial charge on any atom is 0.306 e. The van der Waals surface area contributed by atoms with Crippen LogP contribution in [0.3, 0.4) is 0 Å². The molecule has 1 aliphatic heterocycles. The zero-order valence-electron chi connectivity index (χ0n) is 10.3. The summed E-state index contributed by atoms with van der Waals surface area (Å²) in [6.07, 6.45) is 5.18. The highest BCUT2D eigenvalue weighted by atomic mass is 16.4. The van der Waals surface area contributed by atoms with Gasteiger partial charge in [-0.3, -0.25) is 14.4 Å². The van der Waals surface area contributed by atoms with Gasteiger partial charge in [-0.25, -0.2) is 0 Å². The summed E-state index contributed by atoms with van der Waals surface area (Å²) >= 11 is 0. The fourth-order valence-corrected chi connectivity index (χ4v) is 2.31. The molecule has 1 aromatic heterocycles. The van der Waals surface area contributed by atoms with Crippen LogP contribution < -0.4 is 0 Å². The fourth-order valence-electron chi connectivity index (χ4n) is 2.31. The second-order valence-electron chi connectivity index (χ2n) is 4.72. The first-order valence-corrected chi connectivity index (χ1v) is 6.26. The van der Waals surface area contributed by atoms with Crippen LogP contribution in [0.2, 0.25) is 0 Å². The van der Waals surface area contributed by atoms with Crippen LogP contribution in [-0.2, 0) is 17.9 Å². The van der Waals surface area contributed by atoms with Crippen LogP contribution in [0.25, 0.3) is 0 Å². The number of carboxylic acids is 1. The van der Waals surface area contributed by atoms with Gasteiger partial charge in [0.15, 0.2) is 0 Å². The monoisotopic (exact) mass is 253 g/mol. The Bertz CT molecular complexity index is 397. The topological polar surface area (TPSA) is 78.6 Å². The van der Waals surface area contributed by atoms with E-state index in [9.17, 15) is 4.79 Å². The number of aliphatic carboxylic acids is 1. The van der Waals surface area contributed by atoms with E-state index in [-0.39, 0.29) is 12.5 Å². The molecule has 6 nitrogen and oxygen atoms in total. The molecule has 18 heavy (non-hydrogen) atoms. The summed E-state index contributed by atoms with van der Waals surface area (Å²) in [5.41, 5.74) is 1.11. The number of hydrogen-bond acceptors (Lipinski definition) is 4. The van der Waals surface area contributed by atoms with Crippen LogP contribution in [-0.4, -0.2) is 50.6 Å². The molecular weight excluding hydrogens is 234 g/mol. The molecular formula is C12H19N3O3. The number of nitrogens with zero attached hydrogens (tertiary/aromatic N) is 3. The van der Waals surface area contributed by atoms with Gasteiger partial charge >= 0.3 is 5.97 Å². The number of likely N-dealkylation sites (tertiary alicyclic amines) is 1. The number of carbonyl (C=O) groups is 1. The van der Waals surface area contributed by atoms with Gasteiger partial charge in [-0.05, 0) is 25.9 Å². The Kier molecular flexibility index (Phi) is 4.33. The maximum atomic E-state index is 10.8. The van der Waals surface area contributed by atoms with E-state index in [1.807, 2.05) is 6.20 Å². The predicted molar refractivity (Wildman–Crippen MR) is 64.9 cm³/mol. The van der Waals surface area contributed by atoms with Gasteiger partial charge < -0.3 is 10.2 Å². The molecule has 100 valence electrons. The molecule has 0 unspecified atom stereocenters. The Morgan fingerprint density at radius 1 is 1.44 bits per heavy atom. The number of aliphatic hydroxyl groups is 1. The van der Waals surface area contributed by atoms with Crippen LogP contribution in [0.1, 0.15) is 18.4 Å². The summed E-state index contributed by atoms with van der Waals surface area (Å²) in [5.74, 6) is -0.858. The first-order chi connectivity index (χ1) is 8.69. The van der Waals surface area contributed by atoms with E-state index in [0.29, 0.717) is 6.54 Å². The van der Waals surface area contributed by atoms with Gasteiger partial charge in [-0.1, -0.05) is 0 Å². The van der Waals surface area contributed by atoms with E-state index in [0.717, 1.165) is 38.0 Å². The van der Waals surface area contributed by atoms with Crippen molar-refractivity contribution in [2.45, 2.75) is 25.9 Å². The molecule has 0 aromatic carbocycles. The molecule has 0 radical (unpaired) electrons. The summed E-state index contributed by atoms with van der Waals surface area (Å²) in [5, 5.41) is 21.9. The van der Waals surface area contributed by atoms with Crippen molar-refractivity contribution in [3.05, 3.63) is 18.0 Å². The van der Waals surface area contributed by atoms with Crippen molar-refractivity contribution in [1.82, 2.24) is 14.7 Å². The zero-order chi connectivity index (χ0) is 13.0. The predicted octanol–water partition coefficient (Wildman–Crippen LogP) is 0.172. The van der Waals surface area contributed by atoms with Crippen molar-refractivity contribution in [3.8, 4) is 0 Å². The van der Waals surface area contributed by atoms with E-state index >= 15 is 0 Å². The lowest BCUT2D eigenvalue weighted by Crippen LogP contribution is -2.35. The molecule has 2 heterocycles. The quantitative estimate of drug-likeness (QED) is 0.782. The normalized spacial score (nSPS) is 18.1. The van der Waals surface area contributed by atoms with Crippen molar-refractivity contribution in [1.29, 1.82) is 0 Å². The lowest BCUT2D eigenvalue weighted by atomic mass is 9.97. The molecule has 0 spiro atoms. The van der Waals surface area contributed by atoms with Crippen LogP contribution in [0.4, 0.5) is 0 Å². The van der Waals surface area contributed by atoms with Crippen LogP contribution in [0, 0.1) is 5.92 Å². The smallest absolute Gasteiger partial charge is 0.306 e. The highest BCUT2D eigenvalue weighted by molar-refractivity contribution is 5.70. The molecule has 0 amide bonds. The van der Waals surface area contributed by atoms with E-state index in [2.05, 4.69) is 10.00 Å². The summed E-state index contributed by atoms with van der Waals surface area (Å²) in [4.78, 5) is 13.1. The molecule has 1 aromatic rings. The summed E-state index contributed by atoms with van der Waals surface area (Å²) in [7, 11) is 0. The average Bonchev–Trinajstić information content (AvgIpc) is 2.78. The van der Waals surface area contributed by atoms with Gasteiger partial charge in [-0.15, -0.1) is 0 Å². The third kappa shape index (κ3) is 3.30. The van der Waals surface area contributed by atoms with Crippen molar-refractivity contribution >= 4 is 5.97 Å². The van der Waals surface area contributed by atoms with Gasteiger partial charge in [0, 0.05) is 18.3 Å². The van der Waals surface area contributed by atoms with Crippen LogP contribution in [0.15, 0.2) is 12.4 Å². The Morgan fingerprint density at radius 3 is 2.78 bits per heavy atom. The van der Waals surface area contributed by atoms with Gasteiger partial charge in [0.05, 0.1) is 25.3 Å². The number of aliphatic hydroxyl groups excluding tert-OH is 1. The number of carboxylic acid groups (broad SMARTS) is 1. The average molecular weight is 253 g/mol. The molecule has 1 fully saturated rings. The van der Waals surface area contributed by atoms with Gasteiger partial charge in [0.2, 0.25) is 0 Å². The molecule has 0 atom stereocenters. The minimum atomic E-state index is -0.676. The summed E-state index contributed by atoms with van der Waals surface area (Å²) in [6.45, 7) is 3.05. The molecule has 6 heteroatoms. The number of aromatic nitrogens is 2. The summed E-state index contributed by atoms with van der Waals surface area (Å²) < 4.78 is 1.72. The number of piperidine rings is 1. The third-order valence-corrected chi connectivity index (χ3v) is 3.36. The van der Waals surface area contributed by atoms with Crippen molar-refractivity contribution in [3.63, 3.8) is 0 Å². The third-order valence-electron chi connectivity index (χ3n) is 3.36. The Hall–Kier alpha value is -1.40. The van der Waals surface area contributed by atoms with Gasteiger partial charge in [0.1, 0.15) is 0 Å². The highest BCUT2D eigenvalue weighted by Crippen LogP contribution is 2.18. The van der Waals surface area contributed by atoms with Crippen LogP contribution in [0.5, 0.6) is 0 Å². The van der Waals surface area contributed by atoms with E-state index in [4.69, 9.17) is 10.2 Å². The minimum absolute atomic E-state index is 0.0884. The SMILES string of the molecule is O=C(O)C1CCN(Cc2cnn(CCO)c2)CC1. The largest absolute Gasteiger partial charge is 0.481 e. The zero-order valence-corrected chi connectivity index (χ0v) is 10.3. The van der Waals surface area contributed by atoms with Gasteiger partial charge in [-0.2, -0.15) is 5.10 Å². The van der Waals surface area contributed by atoms with Crippen molar-refractivity contribution < 1.29 is 15.0 Å². The minimum Gasteiger partial charge on any atom is -0.481 e. The van der Waals surface area contributed by atoms with Gasteiger partial charge in [0.25, 0.3) is 0 Å². The second-order valence-corrected chi connectivity index (χ2v) is 4.72. The first-order valence-electron chi connectivity index (χ1n) is 6.26. The second kappa shape index (κ2) is 5.97. The first kappa shape index (κ1) is 13.0. The lowest BCUT2D eigenvalue weighted by Gasteiger charge is -2.29. The molecule has 0 aliphatic carbocycles. The van der Waals surface area contributed by atoms with E-state index in [1.165, 1.54) is 0 Å². The standard InChI is InChI=1S/C12H19N3O3/c16-6-5-15-9-10(7-13-15)8-14-3-1-11(2-4-14)12(17)18/h7,9,11,16H,1-6,8H2,(H,17,18). The van der Waals surface area contributed by atoms with E-state index in [1.54, 1.807) is 10.9 Å². The highest BCUT2D eigenvalue weighted by Gasteiger charge is 2.24. The number of rotatable bonds is 5. The Labute approximate surface area is 106 Å². The molecule has 2 rings (SSSR count). The van der Waals surface area contributed by atoms with Crippen LogP contribution >= 0.6 is 0 Å².